The second-order valence-corrected chi connectivity index (χ2v) is 10.5. The van der Waals surface area contributed by atoms with Crippen LogP contribution in [0.25, 0.3) is 11.1 Å². The van der Waals surface area contributed by atoms with Gasteiger partial charge in [-0.1, -0.05) is 43.6 Å². The van der Waals surface area contributed by atoms with Crippen LogP contribution >= 0.6 is 11.6 Å². The van der Waals surface area contributed by atoms with Crippen molar-refractivity contribution >= 4 is 11.6 Å². The van der Waals surface area contributed by atoms with Gasteiger partial charge in [0, 0.05) is 36.5 Å². The van der Waals surface area contributed by atoms with Gasteiger partial charge >= 0.3 is 11.9 Å². The van der Waals surface area contributed by atoms with Crippen molar-refractivity contribution in [2.24, 2.45) is 5.92 Å². The highest BCUT2D eigenvalue weighted by Crippen LogP contribution is 2.35. The van der Waals surface area contributed by atoms with Gasteiger partial charge in [0.15, 0.2) is 0 Å². The van der Waals surface area contributed by atoms with Gasteiger partial charge in [-0.15, -0.1) is 0 Å². The van der Waals surface area contributed by atoms with E-state index >= 15 is 0 Å². The number of methoxy groups -OCH3 is 1. The highest BCUT2D eigenvalue weighted by molar-refractivity contribution is 6.34. The number of aliphatic hydroxyl groups excluding tert-OH is 1. The Labute approximate surface area is 240 Å². The number of hydrogen-bond donors (Lipinski definition) is 2. The van der Waals surface area contributed by atoms with Gasteiger partial charge in [0.05, 0.1) is 29.8 Å². The van der Waals surface area contributed by atoms with Crippen LogP contribution in [-0.4, -0.2) is 40.5 Å². The van der Waals surface area contributed by atoms with Gasteiger partial charge in [-0.05, 0) is 49.9 Å². The summed E-state index contributed by atoms with van der Waals surface area (Å²) in [5, 5.41) is 12.5. The lowest BCUT2D eigenvalue weighted by molar-refractivity contribution is -0.138. The van der Waals surface area contributed by atoms with E-state index in [4.69, 9.17) is 21.4 Å². The Bertz CT molecular complexity index is 1450. The molecule has 2 N–H and O–H groups in total. The molecule has 0 radical (unpaired) electrons. The molecule has 0 aliphatic carbocycles. The van der Waals surface area contributed by atoms with Crippen molar-refractivity contribution < 1.29 is 27.4 Å². The lowest BCUT2D eigenvalue weighted by Gasteiger charge is -2.23. The number of nitrogens with one attached hydrogen (secondary N) is 1. The number of alkyl halides is 3. The van der Waals surface area contributed by atoms with Crippen molar-refractivity contribution in [1.29, 1.82) is 0 Å². The van der Waals surface area contributed by atoms with Crippen molar-refractivity contribution in [3.63, 3.8) is 0 Å². The Kier molecular flexibility index (Phi) is 11.2. The molecular weight excluding hydrogens is 566 g/mol. The van der Waals surface area contributed by atoms with Crippen LogP contribution in [0.3, 0.4) is 0 Å². The van der Waals surface area contributed by atoms with Gasteiger partial charge in [0.25, 0.3) is 5.56 Å². The number of nitrogens with zero attached hydrogens (tertiary/aromatic N) is 2. The number of unbranched alkanes of at least 4 members (excludes halogenated alkanes) is 1. The highest BCUT2D eigenvalue weighted by Gasteiger charge is 2.34. The average molecular weight is 600 g/mol. The van der Waals surface area contributed by atoms with Crippen LogP contribution in [-0.2, 0) is 19.3 Å². The summed E-state index contributed by atoms with van der Waals surface area (Å²) in [5.41, 5.74) is -3.37. The lowest BCUT2D eigenvalue weighted by atomic mass is 10.0. The molecule has 7 nitrogen and oxygen atoms in total. The first-order valence-electron chi connectivity index (χ1n) is 13.2. The van der Waals surface area contributed by atoms with Crippen molar-refractivity contribution in [3.8, 4) is 16.9 Å². The number of ether oxygens (including phenoxy) is 1. The summed E-state index contributed by atoms with van der Waals surface area (Å²) < 4.78 is 63.2. The van der Waals surface area contributed by atoms with Crippen molar-refractivity contribution in [2.45, 2.75) is 58.4 Å². The Hall–Kier alpha value is -3.15. The van der Waals surface area contributed by atoms with E-state index < -0.39 is 40.9 Å². The fourth-order valence-corrected chi connectivity index (χ4v) is 5.00. The molecule has 0 fully saturated rings. The van der Waals surface area contributed by atoms with Crippen LogP contribution in [0.15, 0.2) is 52.2 Å². The minimum atomic E-state index is -4.87. The number of halogens is 5. The molecular formula is C29H34ClF4N3O4. The van der Waals surface area contributed by atoms with Crippen molar-refractivity contribution in [2.75, 3.05) is 20.3 Å². The molecule has 1 heterocycles. The summed E-state index contributed by atoms with van der Waals surface area (Å²) in [6.45, 7) is 3.65. The third kappa shape index (κ3) is 7.99. The van der Waals surface area contributed by atoms with E-state index in [1.54, 1.807) is 12.1 Å². The normalized spacial score (nSPS) is 12.6. The van der Waals surface area contributed by atoms with E-state index in [9.17, 15) is 27.2 Å². The molecule has 1 atom stereocenters. The maximum Gasteiger partial charge on any atom is 0.416 e. The van der Waals surface area contributed by atoms with E-state index in [0.717, 1.165) is 33.5 Å². The second kappa shape index (κ2) is 14.2. The number of hydrogen-bond acceptors (Lipinski definition) is 5. The summed E-state index contributed by atoms with van der Waals surface area (Å²) in [6, 6.07) is 6.93. The predicted molar refractivity (Wildman–Crippen MR) is 150 cm³/mol. The molecule has 2 aromatic carbocycles. The molecule has 41 heavy (non-hydrogen) atoms. The van der Waals surface area contributed by atoms with Gasteiger partial charge in [0.1, 0.15) is 11.6 Å². The van der Waals surface area contributed by atoms with Crippen LogP contribution < -0.4 is 21.3 Å². The van der Waals surface area contributed by atoms with Crippen LogP contribution in [0.5, 0.6) is 5.75 Å². The monoisotopic (exact) mass is 599 g/mol. The summed E-state index contributed by atoms with van der Waals surface area (Å²) in [5.74, 6) is -0.690. The Morgan fingerprint density at radius 2 is 1.78 bits per heavy atom. The first-order chi connectivity index (χ1) is 19.4. The van der Waals surface area contributed by atoms with Crippen molar-refractivity contribution in [3.05, 3.63) is 85.4 Å². The quantitative estimate of drug-likeness (QED) is 0.205. The zero-order chi connectivity index (χ0) is 30.3. The predicted octanol–water partition coefficient (Wildman–Crippen LogP) is 5.32. The zero-order valence-corrected chi connectivity index (χ0v) is 23.9. The minimum absolute atomic E-state index is 0.0278. The summed E-state index contributed by atoms with van der Waals surface area (Å²) in [7, 11) is 1.39. The molecule has 0 saturated carbocycles. The van der Waals surface area contributed by atoms with Crippen molar-refractivity contribution in [1.82, 2.24) is 14.5 Å². The van der Waals surface area contributed by atoms with Gasteiger partial charge in [-0.2, -0.15) is 13.2 Å². The fraction of sp³-hybridized carbons (Fsp3) is 0.448. The molecule has 224 valence electrons. The molecule has 0 amide bonds. The van der Waals surface area contributed by atoms with E-state index in [1.165, 1.54) is 13.2 Å². The van der Waals surface area contributed by atoms with E-state index in [0.29, 0.717) is 25.8 Å². The second-order valence-electron chi connectivity index (χ2n) is 10.2. The first kappa shape index (κ1) is 32.4. The van der Waals surface area contributed by atoms with Crippen LogP contribution in [0.1, 0.15) is 44.2 Å². The Morgan fingerprint density at radius 3 is 2.41 bits per heavy atom. The number of benzene rings is 2. The average Bonchev–Trinajstić information content (AvgIpc) is 2.90. The first-order valence-corrected chi connectivity index (χ1v) is 13.6. The smallest absolute Gasteiger partial charge is 0.416 e. The van der Waals surface area contributed by atoms with Gasteiger partial charge in [-0.25, -0.2) is 9.18 Å². The van der Waals surface area contributed by atoms with Gasteiger partial charge in [0.2, 0.25) is 0 Å². The van der Waals surface area contributed by atoms with Crippen LogP contribution in [0.2, 0.25) is 5.02 Å². The van der Waals surface area contributed by atoms with Crippen LogP contribution in [0.4, 0.5) is 17.6 Å². The lowest BCUT2D eigenvalue weighted by Crippen LogP contribution is -2.46. The maximum atomic E-state index is 14.8. The largest absolute Gasteiger partial charge is 0.495 e. The number of aliphatic hydroxyl groups is 1. The molecule has 0 bridgehead atoms. The molecule has 0 aliphatic heterocycles. The third-order valence-corrected chi connectivity index (χ3v) is 7.03. The summed E-state index contributed by atoms with van der Waals surface area (Å²) in [6.07, 6.45) is -1.93. The molecule has 0 unspecified atom stereocenters. The molecule has 0 saturated heterocycles. The van der Waals surface area contributed by atoms with Gasteiger partial charge < -0.3 is 15.2 Å². The topological polar surface area (TPSA) is 85.5 Å². The summed E-state index contributed by atoms with van der Waals surface area (Å²) in [4.78, 5) is 27.4. The minimum Gasteiger partial charge on any atom is -0.495 e. The molecule has 12 heteroatoms. The number of rotatable bonds is 13. The van der Waals surface area contributed by atoms with Gasteiger partial charge in [-0.3, -0.25) is 13.9 Å². The standard InChI is InChI=1S/C29H34ClF4N3O4/c1-18(2)14-19(35-12-4-5-13-38)15-37-27(39)21(20-8-6-11-25(41-3)26(20)30)16-36(28(37)40)17-22-23(29(32,33)34)9-7-10-24(22)31/h6-11,16,18-19,35,38H,4-5,12-15,17H2,1-3H3/t19-/m1/s1. The van der Waals surface area contributed by atoms with E-state index in [1.807, 2.05) is 13.8 Å². The Balaban J connectivity index is 2.22. The third-order valence-electron chi connectivity index (χ3n) is 6.64. The number of aromatic nitrogens is 2. The highest BCUT2D eigenvalue weighted by atomic mass is 35.5. The molecule has 3 aromatic rings. The SMILES string of the molecule is COc1cccc(-c2cn(Cc3c(F)cccc3C(F)(F)F)c(=O)n(C[C@@H](CC(C)C)NCCCCO)c2=O)c1Cl. The van der Waals surface area contributed by atoms with Crippen LogP contribution in [0, 0.1) is 11.7 Å². The maximum absolute atomic E-state index is 14.8. The zero-order valence-electron chi connectivity index (χ0n) is 23.1. The molecule has 0 spiro atoms. The summed E-state index contributed by atoms with van der Waals surface area (Å²) >= 11 is 6.50. The van der Waals surface area contributed by atoms with E-state index in [-0.39, 0.29) is 47.0 Å². The van der Waals surface area contributed by atoms with E-state index in [2.05, 4.69) is 5.32 Å². The molecule has 0 aliphatic rings. The molecule has 1 aromatic heterocycles. The fourth-order valence-electron chi connectivity index (χ4n) is 4.70. The Morgan fingerprint density at radius 1 is 1.07 bits per heavy atom. The molecule has 3 rings (SSSR count).